The lowest BCUT2D eigenvalue weighted by molar-refractivity contribution is -0.123. The molecule has 9 heteroatoms. The molecule has 4 rings (SSSR count). The van der Waals surface area contributed by atoms with Crippen LogP contribution in [0.3, 0.4) is 0 Å². The largest absolute Gasteiger partial charge is 0.497 e. The van der Waals surface area contributed by atoms with Crippen molar-refractivity contribution in [3.05, 3.63) is 74.7 Å². The van der Waals surface area contributed by atoms with Crippen LogP contribution in [0.1, 0.15) is 53.3 Å². The third-order valence-corrected chi connectivity index (χ3v) is 7.64. The average Bonchev–Trinajstić information content (AvgIpc) is 3.47. The van der Waals surface area contributed by atoms with E-state index in [2.05, 4.69) is 9.69 Å². The van der Waals surface area contributed by atoms with E-state index in [1.54, 1.807) is 31.4 Å². The Kier molecular flexibility index (Phi) is 7.76. The van der Waals surface area contributed by atoms with Crippen LogP contribution in [0.5, 0.6) is 5.75 Å². The van der Waals surface area contributed by atoms with Crippen LogP contribution < -0.4 is 15.0 Å². The van der Waals surface area contributed by atoms with Crippen molar-refractivity contribution in [3.8, 4) is 5.75 Å². The molecule has 3 aromatic rings. The molecular formula is C25H25Cl2N3O3S. The first-order valence-electron chi connectivity index (χ1n) is 11.0. The zero-order valence-corrected chi connectivity index (χ0v) is 21.2. The van der Waals surface area contributed by atoms with Crippen LogP contribution in [0, 0.1) is 6.92 Å². The molecule has 34 heavy (non-hydrogen) atoms. The van der Waals surface area contributed by atoms with Crippen LogP contribution in [-0.4, -0.2) is 29.3 Å². The number of anilines is 1. The smallest absolute Gasteiger partial charge is 0.280 e. The SMILES string of the molecule is COc1ccc(C(C(=O)NC2CCCC2)N(C(=O)c2nsc(Cl)c2Cl)c2ccccc2C)cc1. The second-order valence-corrected chi connectivity index (χ2v) is 10.00. The minimum absolute atomic E-state index is 0.0205. The zero-order valence-electron chi connectivity index (χ0n) is 18.9. The van der Waals surface area contributed by atoms with Crippen molar-refractivity contribution in [2.45, 2.75) is 44.7 Å². The Balaban J connectivity index is 1.85. The van der Waals surface area contributed by atoms with E-state index in [4.69, 9.17) is 27.9 Å². The number of para-hydroxylation sites is 1. The minimum atomic E-state index is -0.948. The van der Waals surface area contributed by atoms with Crippen LogP contribution in [0.15, 0.2) is 48.5 Å². The third-order valence-electron chi connectivity index (χ3n) is 6.03. The number of hydrogen-bond acceptors (Lipinski definition) is 5. The Hall–Kier alpha value is -2.61. The summed E-state index contributed by atoms with van der Waals surface area (Å²) in [6, 6.07) is 13.7. The molecule has 0 bridgehead atoms. The number of aromatic nitrogens is 1. The van der Waals surface area contributed by atoms with E-state index < -0.39 is 11.9 Å². The molecule has 1 aromatic heterocycles. The van der Waals surface area contributed by atoms with Crippen molar-refractivity contribution in [2.75, 3.05) is 12.0 Å². The van der Waals surface area contributed by atoms with Gasteiger partial charge in [0, 0.05) is 11.7 Å². The number of carbonyl (C=O) groups is 2. The molecule has 0 aliphatic heterocycles. The molecule has 1 atom stereocenters. The van der Waals surface area contributed by atoms with Gasteiger partial charge >= 0.3 is 0 Å². The third kappa shape index (κ3) is 5.06. The molecule has 1 heterocycles. The maximum atomic E-state index is 13.9. The summed E-state index contributed by atoms with van der Waals surface area (Å²) in [5.41, 5.74) is 2.09. The van der Waals surface area contributed by atoms with Crippen LogP contribution in [0.25, 0.3) is 0 Å². The van der Waals surface area contributed by atoms with Crippen molar-refractivity contribution < 1.29 is 14.3 Å². The summed E-state index contributed by atoms with van der Waals surface area (Å²) in [4.78, 5) is 29.2. The summed E-state index contributed by atoms with van der Waals surface area (Å²) in [6.45, 7) is 1.89. The number of rotatable bonds is 7. The molecule has 1 fully saturated rings. The van der Waals surface area contributed by atoms with Crippen LogP contribution in [-0.2, 0) is 4.79 Å². The summed E-state index contributed by atoms with van der Waals surface area (Å²) in [5.74, 6) is -0.0993. The number of benzene rings is 2. The van der Waals surface area contributed by atoms with Gasteiger partial charge in [-0.25, -0.2) is 0 Å². The summed E-state index contributed by atoms with van der Waals surface area (Å²) in [7, 11) is 1.58. The topological polar surface area (TPSA) is 71.5 Å². The molecule has 2 aromatic carbocycles. The summed E-state index contributed by atoms with van der Waals surface area (Å²) >= 11 is 13.4. The normalized spacial score (nSPS) is 14.6. The summed E-state index contributed by atoms with van der Waals surface area (Å²) < 4.78 is 9.71. The fourth-order valence-corrected chi connectivity index (χ4v) is 5.25. The lowest BCUT2D eigenvalue weighted by Crippen LogP contribution is -2.46. The lowest BCUT2D eigenvalue weighted by atomic mass is 10.0. The number of nitrogens with one attached hydrogen (secondary N) is 1. The fourth-order valence-electron chi connectivity index (χ4n) is 4.26. The summed E-state index contributed by atoms with van der Waals surface area (Å²) in [6.07, 6.45) is 4.00. The highest BCUT2D eigenvalue weighted by atomic mass is 35.5. The van der Waals surface area contributed by atoms with Gasteiger partial charge in [0.15, 0.2) is 5.69 Å². The number of nitrogens with zero attached hydrogens (tertiary/aromatic N) is 2. The molecule has 0 spiro atoms. The number of carbonyl (C=O) groups excluding carboxylic acids is 2. The second kappa shape index (κ2) is 10.8. The number of hydrogen-bond donors (Lipinski definition) is 1. The van der Waals surface area contributed by atoms with Gasteiger partial charge in [0.05, 0.1) is 7.11 Å². The van der Waals surface area contributed by atoms with Crippen LogP contribution in [0.4, 0.5) is 5.69 Å². The molecule has 1 aliphatic rings. The van der Waals surface area contributed by atoms with Crippen molar-refractivity contribution in [1.29, 1.82) is 0 Å². The van der Waals surface area contributed by atoms with E-state index >= 15 is 0 Å². The van der Waals surface area contributed by atoms with Gasteiger partial charge in [0.2, 0.25) is 5.91 Å². The zero-order chi connectivity index (χ0) is 24.2. The monoisotopic (exact) mass is 517 g/mol. The molecule has 1 aliphatic carbocycles. The average molecular weight is 518 g/mol. The molecule has 2 amide bonds. The number of aryl methyl sites for hydroxylation is 1. The predicted molar refractivity (Wildman–Crippen MR) is 136 cm³/mol. The van der Waals surface area contributed by atoms with Crippen molar-refractivity contribution >= 4 is 52.2 Å². The Labute approximate surface area is 213 Å². The molecule has 0 radical (unpaired) electrons. The van der Waals surface area contributed by atoms with E-state index in [0.29, 0.717) is 17.0 Å². The molecule has 0 saturated heterocycles. The van der Waals surface area contributed by atoms with Gasteiger partial charge in [-0.2, -0.15) is 4.37 Å². The van der Waals surface area contributed by atoms with Gasteiger partial charge in [-0.3, -0.25) is 14.5 Å². The number of amides is 2. The predicted octanol–water partition coefficient (Wildman–Crippen LogP) is 6.21. The Morgan fingerprint density at radius 1 is 1.12 bits per heavy atom. The number of ether oxygens (including phenoxy) is 1. The number of halogens is 2. The van der Waals surface area contributed by atoms with Gasteiger partial charge in [-0.05, 0) is 60.6 Å². The van der Waals surface area contributed by atoms with Gasteiger partial charge in [-0.1, -0.05) is 66.4 Å². The standard InChI is InChI=1S/C25H25Cl2N3O3S/c1-15-7-3-6-10-19(15)30(25(32)21-20(26)23(27)34-29-21)22(16-11-13-18(33-2)14-12-16)24(31)28-17-8-4-5-9-17/h3,6-7,10-14,17,22H,4-5,8-9H2,1-2H3,(H,28,31). The van der Waals surface area contributed by atoms with Gasteiger partial charge in [0.1, 0.15) is 21.2 Å². The van der Waals surface area contributed by atoms with E-state index in [0.717, 1.165) is 42.8 Å². The van der Waals surface area contributed by atoms with Gasteiger partial charge in [-0.15, -0.1) is 0 Å². The first kappa shape index (κ1) is 24.5. The molecular weight excluding hydrogens is 493 g/mol. The van der Waals surface area contributed by atoms with Crippen LogP contribution in [0.2, 0.25) is 9.36 Å². The first-order chi connectivity index (χ1) is 16.4. The summed E-state index contributed by atoms with van der Waals surface area (Å²) in [5, 5.41) is 3.24. The first-order valence-corrected chi connectivity index (χ1v) is 12.6. The van der Waals surface area contributed by atoms with Crippen molar-refractivity contribution in [2.24, 2.45) is 0 Å². The molecule has 178 valence electrons. The maximum Gasteiger partial charge on any atom is 0.280 e. The highest BCUT2D eigenvalue weighted by Gasteiger charge is 2.37. The van der Waals surface area contributed by atoms with Crippen molar-refractivity contribution in [3.63, 3.8) is 0 Å². The Bertz CT molecular complexity index is 1180. The van der Waals surface area contributed by atoms with Crippen LogP contribution >= 0.6 is 34.7 Å². The van der Waals surface area contributed by atoms with Gasteiger partial charge in [0.25, 0.3) is 5.91 Å². The van der Waals surface area contributed by atoms with E-state index in [1.807, 2.05) is 31.2 Å². The minimum Gasteiger partial charge on any atom is -0.497 e. The van der Waals surface area contributed by atoms with E-state index in [-0.39, 0.29) is 27.0 Å². The Morgan fingerprint density at radius 3 is 2.38 bits per heavy atom. The molecule has 1 N–H and O–H groups in total. The lowest BCUT2D eigenvalue weighted by Gasteiger charge is -2.33. The highest BCUT2D eigenvalue weighted by Crippen LogP contribution is 2.36. The second-order valence-electron chi connectivity index (χ2n) is 8.25. The molecule has 6 nitrogen and oxygen atoms in total. The van der Waals surface area contributed by atoms with E-state index in [9.17, 15) is 9.59 Å². The Morgan fingerprint density at radius 2 is 1.79 bits per heavy atom. The molecule has 1 saturated carbocycles. The number of methoxy groups -OCH3 is 1. The fraction of sp³-hybridized carbons (Fsp3) is 0.320. The highest BCUT2D eigenvalue weighted by molar-refractivity contribution is 7.11. The van der Waals surface area contributed by atoms with Gasteiger partial charge < -0.3 is 10.1 Å². The van der Waals surface area contributed by atoms with Crippen molar-refractivity contribution in [1.82, 2.24) is 9.69 Å². The molecule has 1 unspecified atom stereocenters. The van der Waals surface area contributed by atoms with E-state index in [1.165, 1.54) is 4.90 Å². The maximum absolute atomic E-state index is 13.9. The quantitative estimate of drug-likeness (QED) is 0.404.